The summed E-state index contributed by atoms with van der Waals surface area (Å²) in [5.74, 6) is -1.23. The van der Waals surface area contributed by atoms with E-state index in [4.69, 9.17) is 4.74 Å². The van der Waals surface area contributed by atoms with E-state index in [0.717, 1.165) is 12.0 Å². The SMILES string of the molecule is CC(=O)N[C@H](CC(=O)OCC(=O)NC(=O)NCCC(C)C)c1ccccc1. The Morgan fingerprint density at radius 2 is 1.74 bits per heavy atom. The molecule has 0 aliphatic heterocycles. The molecule has 0 heterocycles. The summed E-state index contributed by atoms with van der Waals surface area (Å²) >= 11 is 0. The molecule has 27 heavy (non-hydrogen) atoms. The number of carbonyl (C=O) groups is 4. The van der Waals surface area contributed by atoms with Crippen molar-refractivity contribution in [3.8, 4) is 0 Å². The van der Waals surface area contributed by atoms with Gasteiger partial charge in [-0.1, -0.05) is 44.2 Å². The number of rotatable bonds is 9. The summed E-state index contributed by atoms with van der Waals surface area (Å²) in [6.45, 7) is 5.28. The maximum Gasteiger partial charge on any atom is 0.321 e. The Bertz CT molecular complexity index is 646. The first-order valence-electron chi connectivity index (χ1n) is 8.83. The van der Waals surface area contributed by atoms with E-state index in [-0.39, 0.29) is 12.3 Å². The molecular weight excluding hydrogens is 350 g/mol. The van der Waals surface area contributed by atoms with Crippen molar-refractivity contribution >= 4 is 23.8 Å². The van der Waals surface area contributed by atoms with Gasteiger partial charge in [-0.3, -0.25) is 19.7 Å². The fourth-order valence-electron chi connectivity index (χ4n) is 2.24. The number of nitrogens with one attached hydrogen (secondary N) is 3. The molecule has 1 rings (SSSR count). The van der Waals surface area contributed by atoms with E-state index in [9.17, 15) is 19.2 Å². The molecule has 0 saturated carbocycles. The van der Waals surface area contributed by atoms with Crippen molar-refractivity contribution in [3.63, 3.8) is 0 Å². The fraction of sp³-hybridized carbons (Fsp3) is 0.474. The van der Waals surface area contributed by atoms with E-state index >= 15 is 0 Å². The van der Waals surface area contributed by atoms with Crippen LogP contribution in [0.1, 0.15) is 45.2 Å². The molecule has 0 aliphatic carbocycles. The summed E-state index contributed by atoms with van der Waals surface area (Å²) in [5, 5.41) is 7.31. The van der Waals surface area contributed by atoms with Crippen molar-refractivity contribution in [2.45, 2.75) is 39.7 Å². The number of benzene rings is 1. The van der Waals surface area contributed by atoms with Gasteiger partial charge in [0.25, 0.3) is 5.91 Å². The minimum atomic E-state index is -0.721. The molecule has 148 valence electrons. The summed E-state index contributed by atoms with van der Waals surface area (Å²) in [6.07, 6.45) is 0.665. The highest BCUT2D eigenvalue weighted by atomic mass is 16.5. The number of ether oxygens (including phenoxy) is 1. The van der Waals surface area contributed by atoms with Crippen LogP contribution in [0.5, 0.6) is 0 Å². The molecule has 4 amide bonds. The van der Waals surface area contributed by atoms with E-state index < -0.39 is 30.6 Å². The fourth-order valence-corrected chi connectivity index (χ4v) is 2.24. The Balaban J connectivity index is 2.42. The first-order chi connectivity index (χ1) is 12.8. The Kier molecular flexibility index (Phi) is 9.57. The first-order valence-corrected chi connectivity index (χ1v) is 8.83. The van der Waals surface area contributed by atoms with Crippen LogP contribution < -0.4 is 16.0 Å². The maximum absolute atomic E-state index is 12.0. The number of esters is 1. The van der Waals surface area contributed by atoms with Crippen LogP contribution in [0.25, 0.3) is 0 Å². The second kappa shape index (κ2) is 11.7. The number of imide groups is 1. The zero-order chi connectivity index (χ0) is 20.2. The Morgan fingerprint density at radius 3 is 2.33 bits per heavy atom. The van der Waals surface area contributed by atoms with Crippen LogP contribution in [0, 0.1) is 5.92 Å². The monoisotopic (exact) mass is 377 g/mol. The van der Waals surface area contributed by atoms with Gasteiger partial charge < -0.3 is 15.4 Å². The third kappa shape index (κ3) is 9.98. The molecule has 0 fully saturated rings. The van der Waals surface area contributed by atoms with Crippen LogP contribution >= 0.6 is 0 Å². The van der Waals surface area contributed by atoms with Gasteiger partial charge in [0.2, 0.25) is 5.91 Å². The van der Waals surface area contributed by atoms with E-state index in [1.165, 1.54) is 6.92 Å². The third-order valence-corrected chi connectivity index (χ3v) is 3.57. The van der Waals surface area contributed by atoms with E-state index in [2.05, 4.69) is 16.0 Å². The van der Waals surface area contributed by atoms with Crippen LogP contribution in [-0.4, -0.2) is 37.0 Å². The maximum atomic E-state index is 12.0. The zero-order valence-corrected chi connectivity index (χ0v) is 15.9. The molecule has 8 nitrogen and oxygen atoms in total. The van der Waals surface area contributed by atoms with Crippen LogP contribution in [0.3, 0.4) is 0 Å². The van der Waals surface area contributed by atoms with E-state index in [0.29, 0.717) is 12.5 Å². The number of urea groups is 1. The highest BCUT2D eigenvalue weighted by molar-refractivity contribution is 5.95. The van der Waals surface area contributed by atoms with Gasteiger partial charge in [-0.15, -0.1) is 0 Å². The van der Waals surface area contributed by atoms with Crippen LogP contribution in [0.4, 0.5) is 4.79 Å². The summed E-state index contributed by atoms with van der Waals surface area (Å²) in [7, 11) is 0. The Hall–Kier alpha value is -2.90. The summed E-state index contributed by atoms with van der Waals surface area (Å²) in [6, 6.07) is 7.78. The molecule has 0 saturated heterocycles. The van der Waals surface area contributed by atoms with Crippen LogP contribution in [-0.2, 0) is 19.1 Å². The quantitative estimate of drug-likeness (QED) is 0.567. The van der Waals surface area contributed by atoms with Crippen LogP contribution in [0.15, 0.2) is 30.3 Å². The number of hydrogen-bond donors (Lipinski definition) is 3. The molecule has 0 spiro atoms. The molecule has 1 aromatic rings. The van der Waals surface area contributed by atoms with E-state index in [1.54, 1.807) is 24.3 Å². The number of hydrogen-bond acceptors (Lipinski definition) is 5. The minimum Gasteiger partial charge on any atom is -0.455 e. The lowest BCUT2D eigenvalue weighted by atomic mass is 10.0. The topological polar surface area (TPSA) is 114 Å². The second-order valence-electron chi connectivity index (χ2n) is 6.52. The molecule has 8 heteroatoms. The van der Waals surface area contributed by atoms with Crippen molar-refractivity contribution < 1.29 is 23.9 Å². The van der Waals surface area contributed by atoms with Crippen molar-refractivity contribution in [2.24, 2.45) is 5.92 Å². The summed E-state index contributed by atoms with van der Waals surface area (Å²) < 4.78 is 4.90. The van der Waals surface area contributed by atoms with Crippen molar-refractivity contribution in [2.75, 3.05) is 13.2 Å². The Labute approximate surface area is 159 Å². The normalized spacial score (nSPS) is 11.4. The van der Waals surface area contributed by atoms with Crippen molar-refractivity contribution in [1.29, 1.82) is 0 Å². The molecular formula is C19H27N3O5. The standard InChI is InChI=1S/C19H27N3O5/c1-13(2)9-10-20-19(26)22-17(24)12-27-18(25)11-16(21-14(3)23)15-7-5-4-6-8-15/h4-8,13,16H,9-12H2,1-3H3,(H,21,23)(H2,20,22,24,26)/t16-/m1/s1. The average molecular weight is 377 g/mol. The lowest BCUT2D eigenvalue weighted by Gasteiger charge is -2.17. The lowest BCUT2D eigenvalue weighted by Crippen LogP contribution is -2.42. The highest BCUT2D eigenvalue weighted by Crippen LogP contribution is 2.17. The predicted octanol–water partition coefficient (Wildman–Crippen LogP) is 1.67. The Morgan fingerprint density at radius 1 is 1.07 bits per heavy atom. The largest absolute Gasteiger partial charge is 0.455 e. The molecule has 1 aromatic carbocycles. The van der Waals surface area contributed by atoms with Gasteiger partial charge in [-0.05, 0) is 17.9 Å². The predicted molar refractivity (Wildman–Crippen MR) is 99.6 cm³/mol. The smallest absolute Gasteiger partial charge is 0.321 e. The van der Waals surface area contributed by atoms with E-state index in [1.807, 2.05) is 19.9 Å². The summed E-state index contributed by atoms with van der Waals surface area (Å²) in [5.41, 5.74) is 0.749. The highest BCUT2D eigenvalue weighted by Gasteiger charge is 2.19. The second-order valence-corrected chi connectivity index (χ2v) is 6.52. The van der Waals surface area contributed by atoms with Gasteiger partial charge in [0.1, 0.15) is 0 Å². The molecule has 0 unspecified atom stereocenters. The van der Waals surface area contributed by atoms with Gasteiger partial charge in [-0.2, -0.15) is 0 Å². The first kappa shape index (κ1) is 22.1. The van der Waals surface area contributed by atoms with Crippen molar-refractivity contribution in [1.82, 2.24) is 16.0 Å². The minimum absolute atomic E-state index is 0.128. The van der Waals surface area contributed by atoms with Gasteiger partial charge >= 0.3 is 12.0 Å². The molecule has 0 bridgehead atoms. The van der Waals surface area contributed by atoms with Gasteiger partial charge in [0.05, 0.1) is 12.5 Å². The summed E-state index contributed by atoms with van der Waals surface area (Å²) in [4.78, 5) is 46.5. The number of carbonyl (C=O) groups excluding carboxylic acids is 4. The molecule has 0 radical (unpaired) electrons. The molecule has 3 N–H and O–H groups in total. The zero-order valence-electron chi connectivity index (χ0n) is 15.9. The van der Waals surface area contributed by atoms with Crippen LogP contribution in [0.2, 0.25) is 0 Å². The third-order valence-electron chi connectivity index (χ3n) is 3.57. The molecule has 0 aliphatic rings. The number of amides is 4. The average Bonchev–Trinajstić information content (AvgIpc) is 2.59. The molecule has 1 atom stereocenters. The molecule has 0 aromatic heterocycles. The van der Waals surface area contributed by atoms with Crippen molar-refractivity contribution in [3.05, 3.63) is 35.9 Å². The van der Waals surface area contributed by atoms with Gasteiger partial charge in [0.15, 0.2) is 6.61 Å². The lowest BCUT2D eigenvalue weighted by molar-refractivity contribution is -0.148. The van der Waals surface area contributed by atoms with Gasteiger partial charge in [-0.25, -0.2) is 4.79 Å². The van der Waals surface area contributed by atoms with Gasteiger partial charge in [0, 0.05) is 13.5 Å².